The van der Waals surface area contributed by atoms with E-state index in [1.807, 2.05) is 10.6 Å². The third-order valence-electron chi connectivity index (χ3n) is 5.48. The average molecular weight is 338 g/mol. The fraction of sp³-hybridized carbons (Fsp3) is 0.647. The summed E-state index contributed by atoms with van der Waals surface area (Å²) in [4.78, 5) is 26.9. The molecule has 3 aliphatic heterocycles. The third-order valence-corrected chi connectivity index (χ3v) is 5.48. The van der Waals surface area contributed by atoms with Crippen LogP contribution in [0.4, 0.5) is 0 Å². The predicted molar refractivity (Wildman–Crippen MR) is 91.0 cm³/mol. The number of rotatable bonds is 1. The van der Waals surface area contributed by atoms with Crippen LogP contribution in [0.15, 0.2) is 23.0 Å². The lowest BCUT2D eigenvalue weighted by Crippen LogP contribution is -2.51. The van der Waals surface area contributed by atoms with E-state index in [-0.39, 0.29) is 23.9 Å². The van der Waals surface area contributed by atoms with Crippen LogP contribution in [0.2, 0.25) is 0 Å². The van der Waals surface area contributed by atoms with E-state index in [1.165, 1.54) is 0 Å². The number of nitrogens with one attached hydrogen (secondary N) is 1. The highest BCUT2D eigenvalue weighted by atomic mass is 35.5. The van der Waals surface area contributed by atoms with Crippen LogP contribution in [-0.4, -0.2) is 41.6 Å². The first-order valence-corrected chi connectivity index (χ1v) is 8.41. The van der Waals surface area contributed by atoms with Crippen LogP contribution in [0.5, 0.6) is 0 Å². The number of halogens is 1. The zero-order chi connectivity index (χ0) is 15.1. The van der Waals surface area contributed by atoms with Gasteiger partial charge in [0.15, 0.2) is 0 Å². The van der Waals surface area contributed by atoms with Gasteiger partial charge in [-0.3, -0.25) is 9.59 Å². The number of likely N-dealkylation sites (tertiary alicyclic amines) is 1. The Hall–Kier alpha value is -1.33. The van der Waals surface area contributed by atoms with Crippen LogP contribution in [0.1, 0.15) is 30.9 Å². The monoisotopic (exact) mass is 337 g/mol. The van der Waals surface area contributed by atoms with Gasteiger partial charge in [-0.15, -0.1) is 12.4 Å². The van der Waals surface area contributed by atoms with Crippen LogP contribution in [-0.2, 0) is 11.3 Å². The van der Waals surface area contributed by atoms with Crippen molar-refractivity contribution in [3.05, 3.63) is 34.2 Å². The zero-order valence-electron chi connectivity index (χ0n) is 13.2. The topological polar surface area (TPSA) is 54.3 Å². The molecule has 2 bridgehead atoms. The summed E-state index contributed by atoms with van der Waals surface area (Å²) in [5, 5.41) is 3.32. The Morgan fingerprint density at radius 2 is 1.91 bits per heavy atom. The summed E-state index contributed by atoms with van der Waals surface area (Å²) in [6, 6.07) is 5.55. The van der Waals surface area contributed by atoms with Gasteiger partial charge in [0.25, 0.3) is 5.56 Å². The van der Waals surface area contributed by atoms with E-state index in [0.29, 0.717) is 17.7 Å². The van der Waals surface area contributed by atoms with E-state index in [9.17, 15) is 9.59 Å². The lowest BCUT2D eigenvalue weighted by molar-refractivity contribution is -0.139. The Morgan fingerprint density at radius 1 is 1.13 bits per heavy atom. The fourth-order valence-electron chi connectivity index (χ4n) is 4.40. The standard InChI is InChI=1S/C17H23N3O2.ClH/c21-16-3-1-2-15-14-8-12(10-20(15)16)9-19(11-14)17(22)13-4-6-18-7-5-13;/h1-3,12-14,18H,4-11H2;1H/t12-,14-;/m1./s1. The molecule has 3 aliphatic rings. The number of hydrogen-bond donors (Lipinski definition) is 1. The maximum atomic E-state index is 12.8. The molecular formula is C17H24ClN3O2. The maximum Gasteiger partial charge on any atom is 0.250 e. The number of hydrogen-bond acceptors (Lipinski definition) is 3. The summed E-state index contributed by atoms with van der Waals surface area (Å²) in [5.41, 5.74) is 1.22. The predicted octanol–water partition coefficient (Wildman–Crippen LogP) is 1.22. The second kappa shape index (κ2) is 6.65. The van der Waals surface area contributed by atoms with Gasteiger partial charge in [-0.25, -0.2) is 0 Å². The third kappa shape index (κ3) is 3.04. The highest BCUT2D eigenvalue weighted by Gasteiger charge is 2.37. The first-order chi connectivity index (χ1) is 10.7. The van der Waals surface area contributed by atoms with Crippen LogP contribution >= 0.6 is 12.4 Å². The minimum absolute atomic E-state index is 0. The number of fused-ring (bicyclic) bond motifs is 4. The number of aromatic nitrogens is 1. The summed E-state index contributed by atoms with van der Waals surface area (Å²) >= 11 is 0. The summed E-state index contributed by atoms with van der Waals surface area (Å²) in [7, 11) is 0. The molecule has 1 N–H and O–H groups in total. The highest BCUT2D eigenvalue weighted by molar-refractivity contribution is 5.85. The van der Waals surface area contributed by atoms with Gasteiger partial charge in [-0.1, -0.05) is 6.07 Å². The molecular weight excluding hydrogens is 314 g/mol. The molecule has 1 aromatic rings. The Labute approximate surface area is 142 Å². The summed E-state index contributed by atoms with van der Waals surface area (Å²) in [5.74, 6) is 1.28. The van der Waals surface area contributed by atoms with Crippen molar-refractivity contribution in [2.24, 2.45) is 11.8 Å². The molecule has 2 fully saturated rings. The van der Waals surface area contributed by atoms with E-state index >= 15 is 0 Å². The molecule has 4 rings (SSSR count). The number of piperidine rings is 2. The number of amides is 1. The lowest BCUT2D eigenvalue weighted by atomic mass is 9.82. The molecule has 1 amide bonds. The molecule has 0 unspecified atom stereocenters. The minimum atomic E-state index is 0. The molecule has 2 atom stereocenters. The van der Waals surface area contributed by atoms with E-state index in [1.54, 1.807) is 6.07 Å². The first kappa shape index (κ1) is 16.5. The Balaban J connectivity index is 0.00000156. The quantitative estimate of drug-likeness (QED) is 0.838. The van der Waals surface area contributed by atoms with Gasteiger partial charge < -0.3 is 14.8 Å². The van der Waals surface area contributed by atoms with Crippen molar-refractivity contribution in [3.8, 4) is 0 Å². The van der Waals surface area contributed by atoms with Gasteiger partial charge in [0.1, 0.15) is 0 Å². The van der Waals surface area contributed by atoms with Crippen molar-refractivity contribution < 1.29 is 4.79 Å². The SMILES string of the molecule is Cl.O=C(C1CCNCC1)N1C[C@H]2C[C@H](C1)c1cccc(=O)n1C2. The second-order valence-corrected chi connectivity index (χ2v) is 6.97. The van der Waals surface area contributed by atoms with Gasteiger partial charge in [-0.05, 0) is 44.3 Å². The van der Waals surface area contributed by atoms with E-state index in [2.05, 4.69) is 16.3 Å². The van der Waals surface area contributed by atoms with Crippen molar-refractivity contribution in [1.82, 2.24) is 14.8 Å². The minimum Gasteiger partial charge on any atom is -0.341 e. The lowest BCUT2D eigenvalue weighted by Gasteiger charge is -2.44. The van der Waals surface area contributed by atoms with E-state index < -0.39 is 0 Å². The van der Waals surface area contributed by atoms with Crippen LogP contribution in [0, 0.1) is 11.8 Å². The van der Waals surface area contributed by atoms with Crippen molar-refractivity contribution >= 4 is 18.3 Å². The molecule has 2 saturated heterocycles. The van der Waals surface area contributed by atoms with Crippen LogP contribution < -0.4 is 10.9 Å². The molecule has 0 aliphatic carbocycles. The number of carbonyl (C=O) groups is 1. The molecule has 0 saturated carbocycles. The van der Waals surface area contributed by atoms with Crippen LogP contribution in [0.25, 0.3) is 0 Å². The Morgan fingerprint density at radius 3 is 2.70 bits per heavy atom. The molecule has 6 heteroatoms. The Bertz CT molecular complexity index is 639. The van der Waals surface area contributed by atoms with Crippen molar-refractivity contribution in [2.45, 2.75) is 31.7 Å². The molecule has 0 aromatic carbocycles. The molecule has 126 valence electrons. The summed E-state index contributed by atoms with van der Waals surface area (Å²) in [6.07, 6.45) is 3.03. The number of carbonyl (C=O) groups excluding carboxylic acids is 1. The molecule has 23 heavy (non-hydrogen) atoms. The van der Waals surface area contributed by atoms with Gasteiger partial charge in [-0.2, -0.15) is 0 Å². The van der Waals surface area contributed by atoms with Crippen LogP contribution in [0.3, 0.4) is 0 Å². The number of pyridine rings is 1. The zero-order valence-corrected chi connectivity index (χ0v) is 14.1. The molecule has 1 aromatic heterocycles. The van der Waals surface area contributed by atoms with Gasteiger partial charge in [0.05, 0.1) is 0 Å². The first-order valence-electron chi connectivity index (χ1n) is 8.41. The van der Waals surface area contributed by atoms with Crippen molar-refractivity contribution in [1.29, 1.82) is 0 Å². The summed E-state index contributed by atoms with van der Waals surface area (Å²) < 4.78 is 1.92. The smallest absolute Gasteiger partial charge is 0.250 e. The van der Waals surface area contributed by atoms with Gasteiger partial charge in [0.2, 0.25) is 5.91 Å². The van der Waals surface area contributed by atoms with Crippen molar-refractivity contribution in [2.75, 3.05) is 26.2 Å². The maximum absolute atomic E-state index is 12.8. The molecule has 0 spiro atoms. The highest BCUT2D eigenvalue weighted by Crippen LogP contribution is 2.35. The molecule has 4 heterocycles. The normalized spacial score (nSPS) is 27.0. The summed E-state index contributed by atoms with van der Waals surface area (Å²) in [6.45, 7) is 4.27. The van der Waals surface area contributed by atoms with Gasteiger partial charge in [0, 0.05) is 43.2 Å². The fourth-order valence-corrected chi connectivity index (χ4v) is 4.40. The van der Waals surface area contributed by atoms with E-state index in [0.717, 1.165) is 57.7 Å². The number of nitrogens with zero attached hydrogens (tertiary/aromatic N) is 2. The molecule has 5 nitrogen and oxygen atoms in total. The second-order valence-electron chi connectivity index (χ2n) is 6.97. The van der Waals surface area contributed by atoms with E-state index in [4.69, 9.17) is 0 Å². The Kier molecular flexibility index (Phi) is 4.78. The van der Waals surface area contributed by atoms with Crippen molar-refractivity contribution in [3.63, 3.8) is 0 Å². The largest absolute Gasteiger partial charge is 0.341 e. The average Bonchev–Trinajstić information content (AvgIpc) is 2.56. The van der Waals surface area contributed by atoms with Gasteiger partial charge >= 0.3 is 0 Å². The molecule has 0 radical (unpaired) electrons.